The van der Waals surface area contributed by atoms with Gasteiger partial charge in [0.1, 0.15) is 5.69 Å². The van der Waals surface area contributed by atoms with E-state index in [-0.39, 0.29) is 5.56 Å². The molecule has 0 atom stereocenters. The summed E-state index contributed by atoms with van der Waals surface area (Å²) in [6, 6.07) is 3.92. The fourth-order valence-electron chi connectivity index (χ4n) is 5.73. The molecule has 0 saturated carbocycles. The lowest BCUT2D eigenvalue weighted by Crippen LogP contribution is -2.51. The number of anilines is 3. The van der Waals surface area contributed by atoms with Crippen LogP contribution in [0.1, 0.15) is 31.4 Å². The summed E-state index contributed by atoms with van der Waals surface area (Å²) in [7, 11) is 3.72. The van der Waals surface area contributed by atoms with Crippen LogP contribution < -0.4 is 20.7 Å². The standard InChI is InChI=1S/C23H28ClN7O/c1-28-14-15-16(27-28)4-5-18(19(15)24)31-11-6-17-20(31)21(32)29(2)22(26-17)30-12-8-23(9-13-30)7-3-10-25-23/h4-5,14,25H,3,6-13H2,1-2H3. The van der Waals surface area contributed by atoms with Crippen LogP contribution in [0.5, 0.6) is 0 Å². The number of benzene rings is 1. The van der Waals surface area contributed by atoms with Gasteiger partial charge in [0.2, 0.25) is 5.95 Å². The summed E-state index contributed by atoms with van der Waals surface area (Å²) in [6.07, 6.45) is 7.38. The molecule has 0 amide bonds. The number of aryl methyl sites for hydroxylation is 1. The van der Waals surface area contributed by atoms with Crippen molar-refractivity contribution < 1.29 is 0 Å². The van der Waals surface area contributed by atoms with Crippen LogP contribution in [0.25, 0.3) is 10.9 Å². The maximum absolute atomic E-state index is 13.5. The molecule has 3 aliphatic rings. The summed E-state index contributed by atoms with van der Waals surface area (Å²) in [5.41, 5.74) is 3.48. The number of nitrogens with zero attached hydrogens (tertiary/aromatic N) is 6. The second-order valence-corrected chi connectivity index (χ2v) is 9.78. The molecule has 0 unspecified atom stereocenters. The topological polar surface area (TPSA) is 71.2 Å². The Morgan fingerprint density at radius 1 is 1.12 bits per heavy atom. The lowest BCUT2D eigenvalue weighted by atomic mass is 9.86. The quantitative estimate of drug-likeness (QED) is 0.643. The Hall–Kier alpha value is -2.58. The van der Waals surface area contributed by atoms with Gasteiger partial charge in [0, 0.05) is 57.3 Å². The summed E-state index contributed by atoms with van der Waals surface area (Å²) in [6.45, 7) is 3.68. The van der Waals surface area contributed by atoms with Gasteiger partial charge < -0.3 is 15.1 Å². The highest BCUT2D eigenvalue weighted by molar-refractivity contribution is 6.38. The van der Waals surface area contributed by atoms with E-state index in [1.165, 1.54) is 12.8 Å². The largest absolute Gasteiger partial charge is 0.342 e. The number of hydrogen-bond acceptors (Lipinski definition) is 6. The van der Waals surface area contributed by atoms with Gasteiger partial charge in [-0.05, 0) is 44.4 Å². The Morgan fingerprint density at radius 2 is 1.94 bits per heavy atom. The summed E-state index contributed by atoms with van der Waals surface area (Å²) in [5.74, 6) is 0.789. The molecular formula is C23H28ClN7O. The van der Waals surface area contributed by atoms with E-state index >= 15 is 0 Å². The smallest absolute Gasteiger partial charge is 0.278 e. The predicted octanol–water partition coefficient (Wildman–Crippen LogP) is 2.74. The number of rotatable bonds is 2. The van der Waals surface area contributed by atoms with Crippen LogP contribution in [0.3, 0.4) is 0 Å². The van der Waals surface area contributed by atoms with E-state index in [1.807, 2.05) is 37.3 Å². The first-order valence-corrected chi connectivity index (χ1v) is 11.8. The fourth-order valence-corrected chi connectivity index (χ4v) is 6.04. The van der Waals surface area contributed by atoms with Gasteiger partial charge in [0.25, 0.3) is 5.56 Å². The number of aromatic nitrogens is 4. The van der Waals surface area contributed by atoms with Gasteiger partial charge in [-0.2, -0.15) is 5.10 Å². The molecule has 1 aromatic carbocycles. The predicted molar refractivity (Wildman–Crippen MR) is 127 cm³/mol. The third-order valence-corrected chi connectivity index (χ3v) is 7.90. The Bertz CT molecular complexity index is 1260. The van der Waals surface area contributed by atoms with Gasteiger partial charge in [-0.15, -0.1) is 0 Å². The molecule has 3 aromatic rings. The zero-order valence-electron chi connectivity index (χ0n) is 18.6. The SMILES string of the molecule is Cn1cc2c(Cl)c(N3CCc4nc(N5CCC6(CCCN6)CC5)n(C)c(=O)c43)ccc2n1. The number of piperidine rings is 1. The fraction of sp³-hybridized carbons (Fsp3) is 0.522. The maximum atomic E-state index is 13.5. The van der Waals surface area contributed by atoms with Crippen LogP contribution in [0.15, 0.2) is 23.1 Å². The monoisotopic (exact) mass is 453 g/mol. The highest BCUT2D eigenvalue weighted by Gasteiger charge is 2.38. The number of fused-ring (bicyclic) bond motifs is 2. The van der Waals surface area contributed by atoms with E-state index in [0.717, 1.165) is 67.1 Å². The Labute approximate surface area is 191 Å². The summed E-state index contributed by atoms with van der Waals surface area (Å²) in [4.78, 5) is 22.8. The molecule has 2 saturated heterocycles. The summed E-state index contributed by atoms with van der Waals surface area (Å²) < 4.78 is 3.47. The van der Waals surface area contributed by atoms with Crippen molar-refractivity contribution in [2.45, 2.75) is 37.6 Å². The molecule has 2 fully saturated rings. The van der Waals surface area contributed by atoms with Gasteiger partial charge in [0.15, 0.2) is 0 Å². The number of hydrogen-bond donors (Lipinski definition) is 1. The Morgan fingerprint density at radius 3 is 2.69 bits per heavy atom. The van der Waals surface area contributed by atoms with Gasteiger partial charge in [-0.3, -0.25) is 14.0 Å². The molecule has 168 valence electrons. The molecule has 5 heterocycles. The third-order valence-electron chi connectivity index (χ3n) is 7.50. The van der Waals surface area contributed by atoms with Crippen molar-refractivity contribution in [3.8, 4) is 0 Å². The van der Waals surface area contributed by atoms with Gasteiger partial charge in [-0.1, -0.05) is 11.6 Å². The van der Waals surface area contributed by atoms with Crippen LogP contribution in [0.4, 0.5) is 17.3 Å². The first-order chi connectivity index (χ1) is 15.5. The molecule has 3 aliphatic heterocycles. The van der Waals surface area contributed by atoms with Crippen LogP contribution in [0, 0.1) is 0 Å². The minimum Gasteiger partial charge on any atom is -0.342 e. The highest BCUT2D eigenvalue weighted by atomic mass is 35.5. The van der Waals surface area contributed by atoms with Gasteiger partial charge in [-0.25, -0.2) is 4.98 Å². The molecule has 0 aliphatic carbocycles. The average molecular weight is 454 g/mol. The van der Waals surface area contributed by atoms with E-state index in [1.54, 1.807) is 9.25 Å². The molecule has 0 bridgehead atoms. The normalized spacial score (nSPS) is 20.0. The minimum atomic E-state index is -0.0101. The van der Waals surface area contributed by atoms with Crippen molar-refractivity contribution >= 4 is 39.8 Å². The van der Waals surface area contributed by atoms with Crippen LogP contribution in [0.2, 0.25) is 5.02 Å². The summed E-state index contributed by atoms with van der Waals surface area (Å²) in [5, 5.41) is 9.67. The third kappa shape index (κ3) is 2.96. The van der Waals surface area contributed by atoms with E-state index < -0.39 is 0 Å². The number of halogens is 1. The molecule has 6 rings (SSSR count). The molecule has 2 aromatic heterocycles. The molecule has 1 spiro atoms. The van der Waals surface area contributed by atoms with E-state index in [4.69, 9.17) is 16.6 Å². The lowest BCUT2D eigenvalue weighted by Gasteiger charge is -2.40. The Kier molecular flexibility index (Phi) is 4.52. The zero-order valence-corrected chi connectivity index (χ0v) is 19.3. The number of nitrogens with one attached hydrogen (secondary N) is 1. The Balaban J connectivity index is 1.35. The van der Waals surface area contributed by atoms with Crippen molar-refractivity contribution in [3.63, 3.8) is 0 Å². The molecule has 0 radical (unpaired) electrons. The van der Waals surface area contributed by atoms with Crippen molar-refractivity contribution in [1.29, 1.82) is 0 Å². The van der Waals surface area contributed by atoms with Gasteiger partial charge in [0.05, 0.1) is 21.9 Å². The van der Waals surface area contributed by atoms with Crippen molar-refractivity contribution in [3.05, 3.63) is 39.4 Å². The lowest BCUT2D eigenvalue weighted by molar-refractivity contribution is 0.294. The van der Waals surface area contributed by atoms with E-state index in [9.17, 15) is 4.79 Å². The van der Waals surface area contributed by atoms with E-state index in [0.29, 0.717) is 22.8 Å². The van der Waals surface area contributed by atoms with E-state index in [2.05, 4.69) is 15.3 Å². The first-order valence-electron chi connectivity index (χ1n) is 11.5. The van der Waals surface area contributed by atoms with Gasteiger partial charge >= 0.3 is 0 Å². The second-order valence-electron chi connectivity index (χ2n) is 9.40. The zero-order chi connectivity index (χ0) is 22.0. The van der Waals surface area contributed by atoms with Crippen molar-refractivity contribution in [2.75, 3.05) is 36.0 Å². The molecule has 8 nitrogen and oxygen atoms in total. The summed E-state index contributed by atoms with van der Waals surface area (Å²) >= 11 is 6.77. The van der Waals surface area contributed by atoms with Crippen LogP contribution >= 0.6 is 11.6 Å². The molecular weight excluding hydrogens is 426 g/mol. The molecule has 9 heteroatoms. The minimum absolute atomic E-state index is 0.0101. The first kappa shape index (κ1) is 20.1. The van der Waals surface area contributed by atoms with Crippen LogP contribution in [-0.2, 0) is 20.5 Å². The average Bonchev–Trinajstić information content (AvgIpc) is 3.51. The molecule has 1 N–H and O–H groups in total. The molecule has 32 heavy (non-hydrogen) atoms. The highest BCUT2D eigenvalue weighted by Crippen LogP contribution is 2.40. The maximum Gasteiger partial charge on any atom is 0.278 e. The van der Waals surface area contributed by atoms with Crippen molar-refractivity contribution in [1.82, 2.24) is 24.6 Å². The second kappa shape index (κ2) is 7.22. The van der Waals surface area contributed by atoms with Crippen LogP contribution in [-0.4, -0.2) is 51.0 Å². The van der Waals surface area contributed by atoms with Crippen molar-refractivity contribution in [2.24, 2.45) is 14.1 Å².